The number of hydrogen-bond acceptors (Lipinski definition) is 4. The number of anilines is 1. The van der Waals surface area contributed by atoms with E-state index in [1.807, 2.05) is 11.8 Å². The third-order valence-corrected chi connectivity index (χ3v) is 4.91. The molecule has 0 radical (unpaired) electrons. The number of thioether (sulfide) groups is 1. The Morgan fingerprint density at radius 2 is 1.88 bits per heavy atom. The molecule has 0 bridgehead atoms. The molecule has 0 atom stereocenters. The Morgan fingerprint density at radius 3 is 2.31 bits per heavy atom. The molecule has 0 unspecified atom stereocenters. The Labute approximate surface area is 110 Å². The fourth-order valence-electron chi connectivity index (χ4n) is 1.50. The summed E-state index contributed by atoms with van der Waals surface area (Å²) in [5, 5.41) is 3.30. The molecule has 0 aliphatic rings. The molecular formula is C11H18BrN3S. The number of aromatic nitrogens is 2. The standard InChI is InChI=1S/C11H18BrN3S/c1-4-11(5-2,16-3)8-15-10-13-6-9(12)7-14-10/h6-7H,4-5,8H2,1-3H3,(H,13,14,15). The molecule has 1 aromatic heterocycles. The van der Waals surface area contributed by atoms with Gasteiger partial charge in [-0.25, -0.2) is 9.97 Å². The number of nitrogens with one attached hydrogen (secondary N) is 1. The van der Waals surface area contributed by atoms with Gasteiger partial charge in [-0.2, -0.15) is 11.8 Å². The van der Waals surface area contributed by atoms with Crippen molar-refractivity contribution in [3.8, 4) is 0 Å². The quantitative estimate of drug-likeness (QED) is 0.872. The lowest BCUT2D eigenvalue weighted by Crippen LogP contribution is -2.32. The van der Waals surface area contributed by atoms with Crippen LogP contribution in [0.4, 0.5) is 5.95 Å². The number of rotatable bonds is 6. The number of nitrogens with zero attached hydrogens (tertiary/aromatic N) is 2. The second-order valence-electron chi connectivity index (χ2n) is 3.67. The Bertz CT molecular complexity index is 303. The van der Waals surface area contributed by atoms with Gasteiger partial charge in [0, 0.05) is 23.7 Å². The van der Waals surface area contributed by atoms with Gasteiger partial charge in [-0.1, -0.05) is 13.8 Å². The summed E-state index contributed by atoms with van der Waals surface area (Å²) in [5.74, 6) is 0.698. The van der Waals surface area contributed by atoms with Crippen molar-refractivity contribution in [2.75, 3.05) is 18.1 Å². The highest BCUT2D eigenvalue weighted by atomic mass is 79.9. The zero-order valence-corrected chi connectivity index (χ0v) is 12.4. The summed E-state index contributed by atoms with van der Waals surface area (Å²) in [5.41, 5.74) is 0. The molecule has 90 valence electrons. The van der Waals surface area contributed by atoms with Crippen LogP contribution >= 0.6 is 27.7 Å². The van der Waals surface area contributed by atoms with Crippen molar-refractivity contribution in [1.82, 2.24) is 9.97 Å². The minimum Gasteiger partial charge on any atom is -0.353 e. The van der Waals surface area contributed by atoms with Gasteiger partial charge in [0.15, 0.2) is 0 Å². The lowest BCUT2D eigenvalue weighted by Gasteiger charge is -2.29. The molecule has 1 aromatic rings. The van der Waals surface area contributed by atoms with Gasteiger partial charge in [0.25, 0.3) is 0 Å². The molecule has 16 heavy (non-hydrogen) atoms. The van der Waals surface area contributed by atoms with Gasteiger partial charge >= 0.3 is 0 Å². The SMILES string of the molecule is CCC(CC)(CNc1ncc(Br)cn1)SC. The van der Waals surface area contributed by atoms with Gasteiger partial charge in [-0.05, 0) is 35.0 Å². The molecule has 5 heteroatoms. The van der Waals surface area contributed by atoms with Gasteiger partial charge in [0.05, 0.1) is 4.47 Å². The van der Waals surface area contributed by atoms with Crippen LogP contribution in [-0.4, -0.2) is 27.5 Å². The van der Waals surface area contributed by atoms with Crippen LogP contribution in [0.3, 0.4) is 0 Å². The highest BCUT2D eigenvalue weighted by Gasteiger charge is 2.24. The van der Waals surface area contributed by atoms with Crippen LogP contribution in [0.15, 0.2) is 16.9 Å². The molecular weight excluding hydrogens is 286 g/mol. The lowest BCUT2D eigenvalue weighted by molar-refractivity contribution is 0.573. The lowest BCUT2D eigenvalue weighted by atomic mass is 10.0. The maximum absolute atomic E-state index is 4.21. The highest BCUT2D eigenvalue weighted by Crippen LogP contribution is 2.30. The molecule has 0 aromatic carbocycles. The largest absolute Gasteiger partial charge is 0.353 e. The molecule has 0 amide bonds. The van der Waals surface area contributed by atoms with Crippen LogP contribution in [0.25, 0.3) is 0 Å². The van der Waals surface area contributed by atoms with Crippen molar-refractivity contribution < 1.29 is 0 Å². The zero-order valence-electron chi connectivity index (χ0n) is 9.96. The molecule has 0 spiro atoms. The van der Waals surface area contributed by atoms with E-state index in [-0.39, 0.29) is 4.75 Å². The number of halogens is 1. The van der Waals surface area contributed by atoms with Crippen molar-refractivity contribution in [2.45, 2.75) is 31.4 Å². The minimum absolute atomic E-state index is 0.288. The van der Waals surface area contributed by atoms with Crippen molar-refractivity contribution in [3.05, 3.63) is 16.9 Å². The summed E-state index contributed by atoms with van der Waals surface area (Å²) in [6.07, 6.45) is 7.97. The normalized spacial score (nSPS) is 11.5. The second-order valence-corrected chi connectivity index (χ2v) is 5.86. The predicted molar refractivity (Wildman–Crippen MR) is 75.0 cm³/mol. The van der Waals surface area contributed by atoms with E-state index in [1.165, 1.54) is 0 Å². The monoisotopic (exact) mass is 303 g/mol. The van der Waals surface area contributed by atoms with Crippen LogP contribution in [-0.2, 0) is 0 Å². The van der Waals surface area contributed by atoms with E-state index in [1.54, 1.807) is 12.4 Å². The average Bonchev–Trinajstić information content (AvgIpc) is 2.34. The molecule has 0 fully saturated rings. The van der Waals surface area contributed by atoms with Gasteiger partial charge in [0.1, 0.15) is 0 Å². The minimum atomic E-state index is 0.288. The third-order valence-electron chi connectivity index (χ3n) is 2.91. The Balaban J connectivity index is 2.58. The first-order valence-electron chi connectivity index (χ1n) is 5.42. The van der Waals surface area contributed by atoms with Gasteiger partial charge in [0.2, 0.25) is 5.95 Å². The van der Waals surface area contributed by atoms with Crippen LogP contribution < -0.4 is 5.32 Å². The molecule has 1 heterocycles. The van der Waals surface area contributed by atoms with Crippen molar-refractivity contribution >= 4 is 33.6 Å². The molecule has 3 nitrogen and oxygen atoms in total. The predicted octanol–water partition coefficient (Wildman–Crippen LogP) is 3.57. The maximum atomic E-state index is 4.21. The maximum Gasteiger partial charge on any atom is 0.222 e. The van der Waals surface area contributed by atoms with Crippen LogP contribution in [0.1, 0.15) is 26.7 Å². The molecule has 1 N–H and O–H groups in total. The average molecular weight is 304 g/mol. The fraction of sp³-hybridized carbons (Fsp3) is 0.636. The molecule has 0 saturated heterocycles. The van der Waals surface area contributed by atoms with Gasteiger partial charge < -0.3 is 5.32 Å². The summed E-state index contributed by atoms with van der Waals surface area (Å²) < 4.78 is 1.19. The Morgan fingerprint density at radius 1 is 1.31 bits per heavy atom. The first-order valence-corrected chi connectivity index (χ1v) is 7.44. The molecule has 0 aliphatic carbocycles. The van der Waals surface area contributed by atoms with E-state index in [2.05, 4.69) is 51.3 Å². The van der Waals surface area contributed by atoms with E-state index in [0.29, 0.717) is 5.95 Å². The summed E-state index contributed by atoms with van der Waals surface area (Å²) in [6.45, 7) is 5.36. The van der Waals surface area contributed by atoms with Crippen LogP contribution in [0, 0.1) is 0 Å². The highest BCUT2D eigenvalue weighted by molar-refractivity contribution is 9.10. The smallest absolute Gasteiger partial charge is 0.222 e. The molecule has 1 rings (SSSR count). The van der Waals surface area contributed by atoms with E-state index < -0.39 is 0 Å². The van der Waals surface area contributed by atoms with E-state index in [0.717, 1.165) is 23.9 Å². The molecule has 0 aliphatic heterocycles. The van der Waals surface area contributed by atoms with Crippen LogP contribution in [0.2, 0.25) is 0 Å². The Hall–Kier alpha value is -0.290. The van der Waals surface area contributed by atoms with Gasteiger partial charge in [-0.3, -0.25) is 0 Å². The van der Waals surface area contributed by atoms with Crippen molar-refractivity contribution in [2.24, 2.45) is 0 Å². The summed E-state index contributed by atoms with van der Waals surface area (Å²) >= 11 is 5.23. The van der Waals surface area contributed by atoms with E-state index in [4.69, 9.17) is 0 Å². The summed E-state index contributed by atoms with van der Waals surface area (Å²) in [4.78, 5) is 8.41. The van der Waals surface area contributed by atoms with E-state index >= 15 is 0 Å². The van der Waals surface area contributed by atoms with Gasteiger partial charge in [-0.15, -0.1) is 0 Å². The van der Waals surface area contributed by atoms with Crippen molar-refractivity contribution in [1.29, 1.82) is 0 Å². The third kappa shape index (κ3) is 3.63. The number of hydrogen-bond donors (Lipinski definition) is 1. The first kappa shape index (κ1) is 13.8. The molecule has 0 saturated carbocycles. The van der Waals surface area contributed by atoms with Crippen LogP contribution in [0.5, 0.6) is 0 Å². The fourth-order valence-corrected chi connectivity index (χ4v) is 2.50. The Kier molecular flexibility index (Phi) is 5.55. The van der Waals surface area contributed by atoms with E-state index in [9.17, 15) is 0 Å². The van der Waals surface area contributed by atoms with Crippen molar-refractivity contribution in [3.63, 3.8) is 0 Å². The summed E-state index contributed by atoms with van der Waals surface area (Å²) in [6, 6.07) is 0. The zero-order chi connectivity index (χ0) is 12.0. The topological polar surface area (TPSA) is 37.8 Å². The second kappa shape index (κ2) is 6.45. The first-order chi connectivity index (χ1) is 7.65. The summed E-state index contributed by atoms with van der Waals surface area (Å²) in [7, 11) is 0.